The molecule has 0 unspecified atom stereocenters. The van der Waals surface area contributed by atoms with E-state index in [-0.39, 0.29) is 18.9 Å². The van der Waals surface area contributed by atoms with E-state index in [1.165, 1.54) is 0 Å². The van der Waals surface area contributed by atoms with Crippen LogP contribution >= 0.6 is 0 Å². The second-order valence-corrected chi connectivity index (χ2v) is 3.49. The third kappa shape index (κ3) is 7.53. The Hall–Kier alpha value is -0.830. The van der Waals surface area contributed by atoms with E-state index in [1.54, 1.807) is 0 Å². The van der Waals surface area contributed by atoms with Gasteiger partial charge in [0.15, 0.2) is 0 Å². The van der Waals surface area contributed by atoms with E-state index < -0.39 is 5.97 Å². The average Bonchev–Trinajstić information content (AvgIpc) is 2.02. The summed E-state index contributed by atoms with van der Waals surface area (Å²) in [5, 5.41) is 17.2. The molecule has 0 aliphatic rings. The lowest BCUT2D eigenvalue weighted by atomic mass is 10.0. The van der Waals surface area contributed by atoms with Crippen molar-refractivity contribution in [1.82, 2.24) is 0 Å². The maximum absolute atomic E-state index is 10.3. The Morgan fingerprint density at radius 1 is 1.54 bits per heavy atom. The van der Waals surface area contributed by atoms with Crippen LogP contribution in [0.25, 0.3) is 0 Å². The number of aliphatic carboxylic acids is 1. The van der Waals surface area contributed by atoms with Crippen LogP contribution in [0.3, 0.4) is 0 Å². The lowest BCUT2D eigenvalue weighted by Crippen LogP contribution is -2.03. The molecule has 3 nitrogen and oxygen atoms in total. The first-order chi connectivity index (χ1) is 6.06. The molecule has 0 saturated carbocycles. The fourth-order valence-corrected chi connectivity index (χ4v) is 1.08. The predicted octanol–water partition coefficient (Wildman–Crippen LogP) is 1.82. The van der Waals surface area contributed by atoms with E-state index in [4.69, 9.17) is 10.2 Å². The molecule has 0 aliphatic carbocycles. The number of rotatable bonds is 6. The standard InChI is InChI=1S/C10H18O3/c1-8(6-10(12)13)4-3-5-9(2)7-11/h5,8,11H,3-4,6-7H2,1-2H3,(H,12,13)/b9-5+/t8-/m1/s1. The maximum Gasteiger partial charge on any atom is 0.303 e. The Morgan fingerprint density at radius 2 is 2.15 bits per heavy atom. The van der Waals surface area contributed by atoms with Crippen molar-refractivity contribution in [3.05, 3.63) is 11.6 Å². The van der Waals surface area contributed by atoms with Crippen LogP contribution in [-0.2, 0) is 4.79 Å². The summed E-state index contributed by atoms with van der Waals surface area (Å²) in [6.07, 6.45) is 3.90. The van der Waals surface area contributed by atoms with Gasteiger partial charge in [-0.3, -0.25) is 4.79 Å². The van der Waals surface area contributed by atoms with E-state index in [1.807, 2.05) is 19.9 Å². The highest BCUT2D eigenvalue weighted by molar-refractivity contribution is 5.66. The van der Waals surface area contributed by atoms with Crippen molar-refractivity contribution < 1.29 is 15.0 Å². The minimum absolute atomic E-state index is 0.0906. The summed E-state index contributed by atoms with van der Waals surface area (Å²) < 4.78 is 0. The third-order valence-electron chi connectivity index (χ3n) is 1.92. The van der Waals surface area contributed by atoms with Crippen molar-refractivity contribution in [2.24, 2.45) is 5.92 Å². The number of aliphatic hydroxyl groups is 1. The van der Waals surface area contributed by atoms with Gasteiger partial charge >= 0.3 is 5.97 Å². The van der Waals surface area contributed by atoms with E-state index in [0.29, 0.717) is 0 Å². The number of aliphatic hydroxyl groups excluding tert-OH is 1. The van der Waals surface area contributed by atoms with Crippen molar-refractivity contribution >= 4 is 5.97 Å². The zero-order chi connectivity index (χ0) is 10.3. The van der Waals surface area contributed by atoms with E-state index in [9.17, 15) is 4.79 Å². The molecular formula is C10H18O3. The first-order valence-corrected chi connectivity index (χ1v) is 4.54. The maximum atomic E-state index is 10.3. The smallest absolute Gasteiger partial charge is 0.303 e. The van der Waals surface area contributed by atoms with Gasteiger partial charge < -0.3 is 10.2 Å². The monoisotopic (exact) mass is 186 g/mol. The van der Waals surface area contributed by atoms with E-state index in [2.05, 4.69) is 0 Å². The summed E-state index contributed by atoms with van der Waals surface area (Å²) in [7, 11) is 0. The van der Waals surface area contributed by atoms with Gasteiger partial charge in [-0.2, -0.15) is 0 Å². The summed E-state index contributed by atoms with van der Waals surface area (Å²) in [5.41, 5.74) is 0.947. The molecule has 0 spiro atoms. The Balaban J connectivity index is 3.58. The van der Waals surface area contributed by atoms with Gasteiger partial charge in [0, 0.05) is 6.42 Å². The van der Waals surface area contributed by atoms with Gasteiger partial charge in [-0.15, -0.1) is 0 Å². The Labute approximate surface area is 79.1 Å². The largest absolute Gasteiger partial charge is 0.481 e. The molecule has 2 N–H and O–H groups in total. The molecule has 0 aromatic carbocycles. The topological polar surface area (TPSA) is 57.5 Å². The minimum Gasteiger partial charge on any atom is -0.481 e. The van der Waals surface area contributed by atoms with Crippen LogP contribution in [0.2, 0.25) is 0 Å². The summed E-state index contributed by atoms with van der Waals surface area (Å²) in [4.78, 5) is 10.3. The number of carbonyl (C=O) groups is 1. The molecule has 76 valence electrons. The first kappa shape index (κ1) is 12.2. The van der Waals surface area contributed by atoms with Crippen LogP contribution in [0.15, 0.2) is 11.6 Å². The normalized spacial score (nSPS) is 14.2. The number of allylic oxidation sites excluding steroid dienone is 1. The van der Waals surface area contributed by atoms with Crippen LogP contribution in [0, 0.1) is 5.92 Å². The van der Waals surface area contributed by atoms with Gasteiger partial charge in [0.1, 0.15) is 0 Å². The van der Waals surface area contributed by atoms with E-state index in [0.717, 1.165) is 18.4 Å². The quantitative estimate of drug-likeness (QED) is 0.622. The minimum atomic E-state index is -0.740. The summed E-state index contributed by atoms with van der Waals surface area (Å²) >= 11 is 0. The second kappa shape index (κ2) is 6.66. The Bertz CT molecular complexity index is 185. The van der Waals surface area contributed by atoms with Crippen LogP contribution in [0.5, 0.6) is 0 Å². The molecule has 0 aromatic heterocycles. The van der Waals surface area contributed by atoms with E-state index >= 15 is 0 Å². The Morgan fingerprint density at radius 3 is 2.62 bits per heavy atom. The fourth-order valence-electron chi connectivity index (χ4n) is 1.08. The van der Waals surface area contributed by atoms with Crippen molar-refractivity contribution in [2.75, 3.05) is 6.61 Å². The molecule has 3 heteroatoms. The van der Waals surface area contributed by atoms with Gasteiger partial charge in [-0.1, -0.05) is 18.6 Å². The zero-order valence-electron chi connectivity index (χ0n) is 8.29. The molecular weight excluding hydrogens is 168 g/mol. The second-order valence-electron chi connectivity index (χ2n) is 3.49. The van der Waals surface area contributed by atoms with Gasteiger partial charge in [0.2, 0.25) is 0 Å². The lowest BCUT2D eigenvalue weighted by molar-refractivity contribution is -0.138. The molecule has 0 rings (SSSR count). The molecule has 13 heavy (non-hydrogen) atoms. The average molecular weight is 186 g/mol. The van der Waals surface area contributed by atoms with Crippen LogP contribution < -0.4 is 0 Å². The molecule has 0 aliphatic heterocycles. The number of hydrogen-bond donors (Lipinski definition) is 2. The molecule has 0 bridgehead atoms. The first-order valence-electron chi connectivity index (χ1n) is 4.54. The molecule has 0 saturated heterocycles. The predicted molar refractivity (Wildman–Crippen MR) is 51.5 cm³/mol. The van der Waals surface area contributed by atoms with Crippen LogP contribution in [-0.4, -0.2) is 22.8 Å². The highest BCUT2D eigenvalue weighted by Crippen LogP contribution is 2.11. The van der Waals surface area contributed by atoms with Gasteiger partial charge in [-0.25, -0.2) is 0 Å². The molecule has 0 radical (unpaired) electrons. The molecule has 1 atom stereocenters. The van der Waals surface area contributed by atoms with Gasteiger partial charge in [0.25, 0.3) is 0 Å². The lowest BCUT2D eigenvalue weighted by Gasteiger charge is -2.05. The number of carboxylic acids is 1. The van der Waals surface area contributed by atoms with Crippen LogP contribution in [0.4, 0.5) is 0 Å². The number of hydrogen-bond acceptors (Lipinski definition) is 2. The highest BCUT2D eigenvalue weighted by Gasteiger charge is 2.05. The molecule has 0 heterocycles. The van der Waals surface area contributed by atoms with Crippen molar-refractivity contribution in [3.8, 4) is 0 Å². The molecule has 0 fully saturated rings. The van der Waals surface area contributed by atoms with Crippen LogP contribution in [0.1, 0.15) is 33.1 Å². The van der Waals surface area contributed by atoms with Gasteiger partial charge in [0.05, 0.1) is 6.61 Å². The van der Waals surface area contributed by atoms with Crippen molar-refractivity contribution in [2.45, 2.75) is 33.1 Å². The summed E-state index contributed by atoms with van der Waals surface area (Å²) in [6.45, 7) is 3.88. The highest BCUT2D eigenvalue weighted by atomic mass is 16.4. The van der Waals surface area contributed by atoms with Crippen molar-refractivity contribution in [3.63, 3.8) is 0 Å². The van der Waals surface area contributed by atoms with Crippen molar-refractivity contribution in [1.29, 1.82) is 0 Å². The van der Waals surface area contributed by atoms with Gasteiger partial charge in [-0.05, 0) is 25.7 Å². The summed E-state index contributed by atoms with van der Waals surface area (Å²) in [5.74, 6) is -0.532. The Kier molecular flexibility index (Phi) is 6.24. The number of carboxylic acid groups (broad SMARTS) is 1. The molecule has 0 amide bonds. The molecule has 0 aromatic rings. The third-order valence-corrected chi connectivity index (χ3v) is 1.92. The fraction of sp³-hybridized carbons (Fsp3) is 0.700. The zero-order valence-corrected chi connectivity index (χ0v) is 8.29. The SMILES string of the molecule is C/C(=C\CC[C@@H](C)CC(=O)O)CO. The summed E-state index contributed by atoms with van der Waals surface area (Å²) in [6, 6.07) is 0.